The summed E-state index contributed by atoms with van der Waals surface area (Å²) in [5.74, 6) is 0.219. The maximum Gasteiger partial charge on any atom is 0.290 e. The van der Waals surface area contributed by atoms with Crippen LogP contribution in [0.3, 0.4) is 0 Å². The van der Waals surface area contributed by atoms with Gasteiger partial charge in [0.15, 0.2) is 6.10 Å². The van der Waals surface area contributed by atoms with Crippen LogP contribution in [0.5, 0.6) is 0 Å². The van der Waals surface area contributed by atoms with Crippen LogP contribution in [0.1, 0.15) is 23.1 Å². The maximum atomic E-state index is 12.8. The fraction of sp³-hybridized carbons (Fsp3) is 0.353. The average molecular weight is 375 g/mol. The molecule has 27 heavy (non-hydrogen) atoms. The number of likely N-dealkylation sites (N-methyl/N-ethyl adjacent to an activating group) is 1. The van der Waals surface area contributed by atoms with Crippen molar-refractivity contribution in [2.24, 2.45) is 0 Å². The molecule has 2 amide bonds. The number of carbonyl (C=O) groups excluding carboxylic acids is 2. The SMILES string of the molecule is Cc1cnc(CN(C)C(=O)[C@H]2OCC(=O)N[C@@H]2c2cccnc2)[nH]1.O=CO. The Labute approximate surface area is 155 Å². The third kappa shape index (κ3) is 5.35. The number of ether oxygens (including phenoxy) is 1. The summed E-state index contributed by atoms with van der Waals surface area (Å²) in [6.45, 7) is 1.84. The van der Waals surface area contributed by atoms with Crippen molar-refractivity contribution in [1.29, 1.82) is 0 Å². The molecule has 10 nitrogen and oxygen atoms in total. The molecule has 3 heterocycles. The number of aryl methyl sites for hydroxylation is 1. The second kappa shape index (κ2) is 9.43. The molecule has 0 aliphatic carbocycles. The van der Waals surface area contributed by atoms with E-state index >= 15 is 0 Å². The van der Waals surface area contributed by atoms with Gasteiger partial charge in [-0.15, -0.1) is 0 Å². The molecule has 3 rings (SSSR count). The van der Waals surface area contributed by atoms with Gasteiger partial charge in [-0.25, -0.2) is 4.98 Å². The number of carboxylic acid groups (broad SMARTS) is 1. The number of nitrogens with zero attached hydrogens (tertiary/aromatic N) is 3. The van der Waals surface area contributed by atoms with E-state index < -0.39 is 12.1 Å². The number of nitrogens with one attached hydrogen (secondary N) is 2. The van der Waals surface area contributed by atoms with Crippen LogP contribution in [0, 0.1) is 6.92 Å². The second-order valence-electron chi connectivity index (χ2n) is 5.88. The van der Waals surface area contributed by atoms with E-state index in [4.69, 9.17) is 14.6 Å². The summed E-state index contributed by atoms with van der Waals surface area (Å²) in [6, 6.07) is 3.00. The Balaban J connectivity index is 0.000000817. The lowest BCUT2D eigenvalue weighted by molar-refractivity contribution is -0.154. The minimum Gasteiger partial charge on any atom is -0.483 e. The highest BCUT2D eigenvalue weighted by Gasteiger charge is 2.37. The van der Waals surface area contributed by atoms with Crippen molar-refractivity contribution in [2.45, 2.75) is 25.6 Å². The van der Waals surface area contributed by atoms with Crippen molar-refractivity contribution in [3.05, 3.63) is 47.8 Å². The van der Waals surface area contributed by atoms with Gasteiger partial charge >= 0.3 is 0 Å². The zero-order valence-corrected chi connectivity index (χ0v) is 15.0. The molecule has 2 aromatic rings. The number of morpholine rings is 1. The number of pyridine rings is 1. The zero-order chi connectivity index (χ0) is 19.8. The molecular weight excluding hydrogens is 354 g/mol. The van der Waals surface area contributed by atoms with Crippen LogP contribution < -0.4 is 5.32 Å². The van der Waals surface area contributed by atoms with Gasteiger partial charge < -0.3 is 25.0 Å². The standard InChI is InChI=1S/C16H19N5O3.CH2O2/c1-10-6-18-12(19-10)8-21(2)16(23)15-14(20-13(22)9-24-15)11-4-3-5-17-7-11;2-1-3/h3-7,14-15H,8-9H2,1-2H3,(H,18,19)(H,20,22);1H,(H,2,3)/t14-,15+;/m1./s1. The van der Waals surface area contributed by atoms with Gasteiger partial charge in [0, 0.05) is 31.3 Å². The summed E-state index contributed by atoms with van der Waals surface area (Å²) < 4.78 is 5.52. The number of carbonyl (C=O) groups is 3. The van der Waals surface area contributed by atoms with E-state index in [0.29, 0.717) is 12.4 Å². The number of amides is 2. The summed E-state index contributed by atoms with van der Waals surface area (Å²) in [6.07, 6.45) is 4.17. The summed E-state index contributed by atoms with van der Waals surface area (Å²) in [4.78, 5) is 45.7. The normalized spacial score (nSPS) is 18.7. The Morgan fingerprint density at radius 1 is 1.48 bits per heavy atom. The summed E-state index contributed by atoms with van der Waals surface area (Å²) >= 11 is 0. The quantitative estimate of drug-likeness (QED) is 0.641. The van der Waals surface area contributed by atoms with Crippen LogP contribution in [-0.2, 0) is 25.7 Å². The molecule has 0 saturated carbocycles. The fourth-order valence-electron chi connectivity index (χ4n) is 2.65. The van der Waals surface area contributed by atoms with Gasteiger partial charge in [-0.1, -0.05) is 6.07 Å². The maximum absolute atomic E-state index is 12.8. The Morgan fingerprint density at radius 3 is 2.81 bits per heavy atom. The van der Waals surface area contributed by atoms with Crippen molar-refractivity contribution in [1.82, 2.24) is 25.2 Å². The highest BCUT2D eigenvalue weighted by Crippen LogP contribution is 2.23. The molecule has 1 aliphatic heterocycles. The molecule has 0 bridgehead atoms. The van der Waals surface area contributed by atoms with Crippen LogP contribution in [0.2, 0.25) is 0 Å². The first-order valence-corrected chi connectivity index (χ1v) is 8.10. The van der Waals surface area contributed by atoms with Gasteiger partial charge in [-0.2, -0.15) is 0 Å². The number of hydrogen-bond donors (Lipinski definition) is 3. The lowest BCUT2D eigenvalue weighted by Gasteiger charge is -2.33. The molecule has 0 unspecified atom stereocenters. The van der Waals surface area contributed by atoms with E-state index in [1.807, 2.05) is 13.0 Å². The Morgan fingerprint density at radius 2 is 2.22 bits per heavy atom. The highest BCUT2D eigenvalue weighted by atomic mass is 16.5. The van der Waals surface area contributed by atoms with Gasteiger partial charge in [0.25, 0.3) is 12.4 Å². The molecule has 144 valence electrons. The van der Waals surface area contributed by atoms with E-state index in [-0.39, 0.29) is 24.9 Å². The third-order valence-corrected chi connectivity index (χ3v) is 3.82. The van der Waals surface area contributed by atoms with Crippen LogP contribution in [0.25, 0.3) is 0 Å². The van der Waals surface area contributed by atoms with Gasteiger partial charge in [0.05, 0.1) is 12.6 Å². The third-order valence-electron chi connectivity index (χ3n) is 3.82. The van der Waals surface area contributed by atoms with Gasteiger partial charge in [-0.05, 0) is 18.6 Å². The van der Waals surface area contributed by atoms with Crippen LogP contribution >= 0.6 is 0 Å². The molecule has 1 aliphatic rings. The van der Waals surface area contributed by atoms with E-state index in [1.165, 1.54) is 4.90 Å². The van der Waals surface area contributed by atoms with Crippen LogP contribution in [-0.4, -0.2) is 63.0 Å². The summed E-state index contributed by atoms with van der Waals surface area (Å²) in [7, 11) is 1.68. The van der Waals surface area contributed by atoms with E-state index in [2.05, 4.69) is 20.3 Å². The number of aromatic nitrogens is 3. The molecule has 10 heteroatoms. The van der Waals surface area contributed by atoms with Crippen LogP contribution in [0.15, 0.2) is 30.7 Å². The largest absolute Gasteiger partial charge is 0.483 e. The number of aromatic amines is 1. The first-order valence-electron chi connectivity index (χ1n) is 8.10. The summed E-state index contributed by atoms with van der Waals surface area (Å²) in [5.41, 5.74) is 1.66. The van der Waals surface area contributed by atoms with Crippen LogP contribution in [0.4, 0.5) is 0 Å². The average Bonchev–Trinajstić information content (AvgIpc) is 3.07. The van der Waals surface area contributed by atoms with Crippen molar-refractivity contribution < 1.29 is 24.2 Å². The molecule has 1 fully saturated rings. The zero-order valence-electron chi connectivity index (χ0n) is 15.0. The molecule has 1 saturated heterocycles. The lowest BCUT2D eigenvalue weighted by atomic mass is 10.0. The smallest absolute Gasteiger partial charge is 0.290 e. The lowest BCUT2D eigenvalue weighted by Crippen LogP contribution is -2.52. The first kappa shape index (κ1) is 20.0. The van der Waals surface area contributed by atoms with Gasteiger partial charge in [0.2, 0.25) is 5.91 Å². The highest BCUT2D eigenvalue weighted by molar-refractivity contribution is 5.86. The summed E-state index contributed by atoms with van der Waals surface area (Å²) in [5, 5.41) is 9.70. The van der Waals surface area contributed by atoms with Gasteiger partial charge in [-0.3, -0.25) is 19.4 Å². The number of imidazole rings is 1. The molecule has 2 aromatic heterocycles. The van der Waals surface area contributed by atoms with E-state index in [0.717, 1.165) is 11.3 Å². The molecule has 0 radical (unpaired) electrons. The predicted molar refractivity (Wildman–Crippen MR) is 93.4 cm³/mol. The Bertz CT molecular complexity index is 779. The topological polar surface area (TPSA) is 138 Å². The van der Waals surface area contributed by atoms with Crippen molar-refractivity contribution >= 4 is 18.3 Å². The number of rotatable bonds is 4. The Kier molecular flexibility index (Phi) is 7.00. The van der Waals surface area contributed by atoms with E-state index in [9.17, 15) is 9.59 Å². The predicted octanol–water partition coefficient (Wildman–Crippen LogP) is 0.0286. The van der Waals surface area contributed by atoms with Crippen molar-refractivity contribution in [2.75, 3.05) is 13.7 Å². The second-order valence-corrected chi connectivity index (χ2v) is 5.88. The molecule has 3 N–H and O–H groups in total. The van der Waals surface area contributed by atoms with Crippen molar-refractivity contribution in [3.8, 4) is 0 Å². The number of H-pyrrole nitrogens is 1. The van der Waals surface area contributed by atoms with Crippen molar-refractivity contribution in [3.63, 3.8) is 0 Å². The first-order chi connectivity index (χ1) is 13.0. The number of hydrogen-bond acceptors (Lipinski definition) is 6. The minimum absolute atomic E-state index is 0.138. The molecule has 2 atom stereocenters. The minimum atomic E-state index is -0.798. The van der Waals surface area contributed by atoms with E-state index in [1.54, 1.807) is 31.7 Å². The Hall–Kier alpha value is -3.27. The fourth-order valence-corrected chi connectivity index (χ4v) is 2.65. The molecule has 0 spiro atoms. The molecule has 0 aromatic carbocycles. The monoisotopic (exact) mass is 375 g/mol. The molecular formula is C17H21N5O5. The van der Waals surface area contributed by atoms with Gasteiger partial charge in [0.1, 0.15) is 12.4 Å².